The fourth-order valence-electron chi connectivity index (χ4n) is 12.1. The highest BCUT2D eigenvalue weighted by Crippen LogP contribution is 2.44. The molecule has 0 amide bonds. The summed E-state index contributed by atoms with van der Waals surface area (Å²) in [6.07, 6.45) is 0. The number of para-hydroxylation sites is 2. The third-order valence-corrected chi connectivity index (χ3v) is 15.7. The van der Waals surface area contributed by atoms with Crippen LogP contribution in [0.25, 0.3) is 154 Å². The highest BCUT2D eigenvalue weighted by atomic mass is 15.0. The predicted molar refractivity (Wildman–Crippen MR) is 318 cm³/mol. The molecule has 76 heavy (non-hydrogen) atoms. The molecule has 352 valence electrons. The van der Waals surface area contributed by atoms with Crippen LogP contribution in [0.2, 0.25) is 0 Å². The number of aromatic nitrogens is 5. The molecule has 16 rings (SSSR count). The summed E-state index contributed by atoms with van der Waals surface area (Å²) in [6, 6.07) is 94.4. The van der Waals surface area contributed by atoms with Crippen LogP contribution in [-0.4, -0.2) is 24.1 Å². The second kappa shape index (κ2) is 16.7. The van der Waals surface area contributed by atoms with Gasteiger partial charge in [0.2, 0.25) is 0 Å². The Bertz CT molecular complexity index is 5060. The fraction of sp³-hybridized carbons (Fsp3) is 0. The van der Waals surface area contributed by atoms with Gasteiger partial charge in [-0.05, 0) is 115 Å². The van der Waals surface area contributed by atoms with E-state index in [1.54, 1.807) is 0 Å². The minimum absolute atomic E-state index is 0.602. The first-order valence-corrected chi connectivity index (χ1v) is 25.9. The van der Waals surface area contributed by atoms with Crippen LogP contribution in [0.15, 0.2) is 261 Å². The molecule has 0 spiro atoms. The number of hydrogen-bond acceptors (Lipinski definition) is 3. The minimum Gasteiger partial charge on any atom is -0.309 e. The summed E-state index contributed by atoms with van der Waals surface area (Å²) in [5, 5.41) is 16.4. The van der Waals surface area contributed by atoms with Crippen molar-refractivity contribution in [1.29, 1.82) is 0 Å². The summed E-state index contributed by atoms with van der Waals surface area (Å²) in [7, 11) is 0. The molecule has 13 aromatic carbocycles. The van der Waals surface area contributed by atoms with Gasteiger partial charge < -0.3 is 9.13 Å². The van der Waals surface area contributed by atoms with Gasteiger partial charge in [0.1, 0.15) is 0 Å². The number of nitrogens with zero attached hydrogens (tertiary/aromatic N) is 5. The Morgan fingerprint density at radius 3 is 1.61 bits per heavy atom. The molecule has 5 nitrogen and oxygen atoms in total. The van der Waals surface area contributed by atoms with Gasteiger partial charge in [0.25, 0.3) is 0 Å². The topological polar surface area (TPSA) is 48.5 Å². The zero-order chi connectivity index (χ0) is 49.8. The van der Waals surface area contributed by atoms with Crippen molar-refractivity contribution in [3.05, 3.63) is 261 Å². The van der Waals surface area contributed by atoms with Gasteiger partial charge in [-0.2, -0.15) is 0 Å². The molecule has 0 aliphatic heterocycles. The van der Waals surface area contributed by atoms with E-state index in [-0.39, 0.29) is 0 Å². The Hall–Kier alpha value is -10.2. The van der Waals surface area contributed by atoms with Crippen molar-refractivity contribution in [2.75, 3.05) is 0 Å². The van der Waals surface area contributed by atoms with Crippen LogP contribution in [0.1, 0.15) is 0 Å². The highest BCUT2D eigenvalue weighted by Gasteiger charge is 2.23. The van der Waals surface area contributed by atoms with Crippen LogP contribution in [0, 0.1) is 0 Å². The van der Waals surface area contributed by atoms with Crippen molar-refractivity contribution in [3.8, 4) is 56.7 Å². The van der Waals surface area contributed by atoms with Gasteiger partial charge in [-0.15, -0.1) is 0 Å². The van der Waals surface area contributed by atoms with Crippen molar-refractivity contribution >= 4 is 97.5 Å². The van der Waals surface area contributed by atoms with Crippen molar-refractivity contribution in [1.82, 2.24) is 24.1 Å². The van der Waals surface area contributed by atoms with E-state index >= 15 is 0 Å². The maximum absolute atomic E-state index is 5.53. The van der Waals surface area contributed by atoms with E-state index in [9.17, 15) is 0 Å². The van der Waals surface area contributed by atoms with Gasteiger partial charge in [-0.1, -0.05) is 200 Å². The Morgan fingerprint density at radius 1 is 0.237 bits per heavy atom. The average molecular weight is 966 g/mol. The Morgan fingerprint density at radius 2 is 0.789 bits per heavy atom. The van der Waals surface area contributed by atoms with Crippen LogP contribution < -0.4 is 0 Å². The molecular weight excluding hydrogens is 923 g/mol. The monoisotopic (exact) mass is 965 g/mol. The van der Waals surface area contributed by atoms with Crippen molar-refractivity contribution in [2.24, 2.45) is 0 Å². The van der Waals surface area contributed by atoms with E-state index < -0.39 is 0 Å². The molecular formula is C71H43N5. The maximum atomic E-state index is 5.53. The molecule has 3 heterocycles. The Labute approximate surface area is 436 Å². The first-order chi connectivity index (χ1) is 37.7. The molecule has 0 fully saturated rings. The maximum Gasteiger partial charge on any atom is 0.164 e. The third kappa shape index (κ3) is 6.56. The number of hydrogen-bond donors (Lipinski definition) is 0. The standard InChI is InChI=1S/C71H43N5/c1-2-22-53(23-3-1)75-64-28-13-12-26-58(64)59-35-33-52(43-66(59)75)70-72-69(51-30-29-44-15-4-5-18-47(44)39-51)73-71(74-70)61-37-38-65(62-41-50(32-34-57(61)62)55-27-14-21-45-16-8-10-24-54(45)55)76-67-42-49-20-7-6-19-48(49)40-63(67)60-36-31-46-17-9-11-25-56(46)68(60)76/h1-43H. The average Bonchev–Trinajstić information content (AvgIpc) is 4.15. The quantitative estimate of drug-likeness (QED) is 0.167. The lowest BCUT2D eigenvalue weighted by atomic mass is 9.94. The van der Waals surface area contributed by atoms with E-state index in [1.165, 1.54) is 64.9 Å². The van der Waals surface area contributed by atoms with E-state index in [0.717, 1.165) is 71.7 Å². The van der Waals surface area contributed by atoms with Crippen molar-refractivity contribution < 1.29 is 0 Å². The second-order valence-corrected chi connectivity index (χ2v) is 19.9. The molecule has 0 N–H and O–H groups in total. The first-order valence-electron chi connectivity index (χ1n) is 25.9. The van der Waals surface area contributed by atoms with Crippen LogP contribution in [0.5, 0.6) is 0 Å². The van der Waals surface area contributed by atoms with Crippen LogP contribution >= 0.6 is 0 Å². The summed E-state index contributed by atoms with van der Waals surface area (Å²) < 4.78 is 4.86. The Kier molecular flexibility index (Phi) is 9.27. The van der Waals surface area contributed by atoms with Gasteiger partial charge in [-0.3, -0.25) is 0 Å². The summed E-state index contributed by atoms with van der Waals surface area (Å²) in [5.74, 6) is 1.81. The SMILES string of the molecule is c1ccc(-n2c3ccccc3c3ccc(-c4nc(-c5ccc6ccccc6c5)nc(-c5ccc(-n6c7cc8ccccc8cc7c7ccc8ccccc8c76)c6cc(-c7cccc8ccccc78)ccc56)n4)cc32)cc1. The van der Waals surface area contributed by atoms with E-state index in [2.05, 4.69) is 270 Å². The molecule has 5 heteroatoms. The van der Waals surface area contributed by atoms with Crippen LogP contribution in [0.4, 0.5) is 0 Å². The van der Waals surface area contributed by atoms with Gasteiger partial charge in [-0.25, -0.2) is 15.0 Å². The molecule has 0 saturated carbocycles. The van der Waals surface area contributed by atoms with Crippen LogP contribution in [0.3, 0.4) is 0 Å². The summed E-state index contributed by atoms with van der Waals surface area (Å²) in [4.78, 5) is 16.4. The zero-order valence-corrected chi connectivity index (χ0v) is 41.1. The van der Waals surface area contributed by atoms with Crippen LogP contribution in [-0.2, 0) is 0 Å². The molecule has 0 unspecified atom stereocenters. The van der Waals surface area contributed by atoms with E-state index in [1.807, 2.05) is 0 Å². The van der Waals surface area contributed by atoms with Crippen molar-refractivity contribution in [2.45, 2.75) is 0 Å². The zero-order valence-electron chi connectivity index (χ0n) is 41.1. The molecule has 0 aliphatic rings. The largest absolute Gasteiger partial charge is 0.309 e. The summed E-state index contributed by atoms with van der Waals surface area (Å²) >= 11 is 0. The summed E-state index contributed by atoms with van der Waals surface area (Å²) in [6.45, 7) is 0. The lowest BCUT2D eigenvalue weighted by Crippen LogP contribution is -2.02. The fourth-order valence-corrected chi connectivity index (χ4v) is 12.1. The first kappa shape index (κ1) is 42.3. The molecule has 16 aromatic rings. The molecule has 3 aromatic heterocycles. The van der Waals surface area contributed by atoms with Gasteiger partial charge in [0.15, 0.2) is 17.5 Å². The minimum atomic E-state index is 0.602. The molecule has 0 bridgehead atoms. The second-order valence-electron chi connectivity index (χ2n) is 19.9. The lowest BCUT2D eigenvalue weighted by molar-refractivity contribution is 1.08. The van der Waals surface area contributed by atoms with Gasteiger partial charge in [0.05, 0.1) is 27.8 Å². The normalized spacial score (nSPS) is 11.9. The molecule has 0 radical (unpaired) electrons. The predicted octanol–water partition coefficient (Wildman–Crippen LogP) is 18.5. The molecule has 0 atom stereocenters. The van der Waals surface area contributed by atoms with E-state index in [0.29, 0.717) is 17.5 Å². The number of benzene rings is 13. The number of rotatable bonds is 6. The smallest absolute Gasteiger partial charge is 0.164 e. The van der Waals surface area contributed by atoms with Gasteiger partial charge >= 0.3 is 0 Å². The van der Waals surface area contributed by atoms with E-state index in [4.69, 9.17) is 15.0 Å². The Balaban J connectivity index is 0.991. The number of fused-ring (bicyclic) bond motifs is 12. The molecule has 0 aliphatic carbocycles. The summed E-state index contributed by atoms with van der Waals surface area (Å²) in [5.41, 5.74) is 11.8. The van der Waals surface area contributed by atoms with Gasteiger partial charge in [0, 0.05) is 54.7 Å². The highest BCUT2D eigenvalue weighted by molar-refractivity contribution is 6.22. The third-order valence-electron chi connectivity index (χ3n) is 15.7. The lowest BCUT2D eigenvalue weighted by Gasteiger charge is -2.17. The van der Waals surface area contributed by atoms with Crippen molar-refractivity contribution in [3.63, 3.8) is 0 Å². The molecule has 0 saturated heterocycles.